The summed E-state index contributed by atoms with van der Waals surface area (Å²) in [5.74, 6) is 0.535. The lowest BCUT2D eigenvalue weighted by Crippen LogP contribution is -1.96. The van der Waals surface area contributed by atoms with Crippen LogP contribution in [0.3, 0.4) is 0 Å². The Morgan fingerprint density at radius 3 is 2.41 bits per heavy atom. The second kappa shape index (κ2) is 13.3. The van der Waals surface area contributed by atoms with Crippen molar-refractivity contribution in [1.82, 2.24) is 4.98 Å². The Hall–Kier alpha value is -1.38. The van der Waals surface area contributed by atoms with Crippen molar-refractivity contribution in [1.29, 1.82) is 0 Å². The van der Waals surface area contributed by atoms with Gasteiger partial charge in [0.05, 0.1) is 0 Å². The van der Waals surface area contributed by atoms with Gasteiger partial charge in [0.2, 0.25) is 0 Å². The third-order valence-corrected chi connectivity index (χ3v) is 4.02. The predicted octanol–water partition coefficient (Wildman–Crippen LogP) is 5.40. The van der Waals surface area contributed by atoms with Gasteiger partial charge in [-0.1, -0.05) is 63.1 Å². The molecule has 0 aromatic carbocycles. The second-order valence-corrected chi connectivity index (χ2v) is 6.14. The maximum Gasteiger partial charge on any atom is 0.106 e. The maximum atomic E-state index is 4.70. The van der Waals surface area contributed by atoms with Crippen LogP contribution in [-0.4, -0.2) is 18.3 Å². The number of rotatable bonds is 13. The fourth-order valence-corrected chi connectivity index (χ4v) is 2.64. The zero-order valence-electron chi connectivity index (χ0n) is 14.3. The molecular formula is C19H32N2O. The van der Waals surface area contributed by atoms with Crippen molar-refractivity contribution in [2.75, 3.05) is 7.11 Å². The molecule has 0 saturated heterocycles. The molecule has 0 aliphatic rings. The summed E-state index contributed by atoms with van der Waals surface area (Å²) in [7, 11) is 1.60. The summed E-state index contributed by atoms with van der Waals surface area (Å²) >= 11 is 0. The Bertz CT molecular complexity index is 378. The number of hydrogen-bond acceptors (Lipinski definition) is 3. The Morgan fingerprint density at radius 1 is 1.09 bits per heavy atom. The Balaban J connectivity index is 1.83. The van der Waals surface area contributed by atoms with Crippen LogP contribution in [0.25, 0.3) is 0 Å². The van der Waals surface area contributed by atoms with E-state index in [0.29, 0.717) is 5.92 Å². The third kappa shape index (κ3) is 10.4. The van der Waals surface area contributed by atoms with Gasteiger partial charge in [-0.25, -0.2) is 0 Å². The fraction of sp³-hybridized carbons (Fsp3) is 0.684. The van der Waals surface area contributed by atoms with Crippen LogP contribution in [0.2, 0.25) is 0 Å². The van der Waals surface area contributed by atoms with Gasteiger partial charge >= 0.3 is 0 Å². The fourth-order valence-electron chi connectivity index (χ4n) is 2.64. The molecule has 1 unspecified atom stereocenters. The first kappa shape index (κ1) is 18.7. The van der Waals surface area contributed by atoms with Gasteiger partial charge in [0.25, 0.3) is 0 Å². The van der Waals surface area contributed by atoms with Crippen LogP contribution in [0.1, 0.15) is 70.3 Å². The first-order valence-corrected chi connectivity index (χ1v) is 8.78. The van der Waals surface area contributed by atoms with Gasteiger partial charge in [0.1, 0.15) is 7.11 Å². The van der Waals surface area contributed by atoms with Crippen molar-refractivity contribution in [2.45, 2.75) is 71.1 Å². The van der Waals surface area contributed by atoms with Gasteiger partial charge in [-0.3, -0.25) is 4.98 Å². The molecule has 0 N–H and O–H groups in total. The number of hydrogen-bond donors (Lipinski definition) is 0. The molecule has 0 bridgehead atoms. The molecule has 3 nitrogen and oxygen atoms in total. The highest BCUT2D eigenvalue weighted by Crippen LogP contribution is 2.13. The molecular weight excluding hydrogens is 272 g/mol. The lowest BCUT2D eigenvalue weighted by molar-refractivity contribution is 0.213. The van der Waals surface area contributed by atoms with E-state index in [-0.39, 0.29) is 0 Å². The van der Waals surface area contributed by atoms with Crippen LogP contribution in [-0.2, 0) is 11.3 Å². The highest BCUT2D eigenvalue weighted by atomic mass is 16.6. The summed E-state index contributed by atoms with van der Waals surface area (Å²) in [4.78, 5) is 8.85. The molecule has 0 radical (unpaired) electrons. The van der Waals surface area contributed by atoms with Crippen LogP contribution >= 0.6 is 0 Å². The number of pyridine rings is 1. The van der Waals surface area contributed by atoms with E-state index >= 15 is 0 Å². The summed E-state index contributed by atoms with van der Waals surface area (Å²) in [6.07, 6.45) is 18.9. The van der Waals surface area contributed by atoms with E-state index in [4.69, 9.17) is 4.84 Å². The highest BCUT2D eigenvalue weighted by Gasteiger charge is 1.99. The standard InChI is InChI=1S/C19H32N2O/c1-18(16-21-22-2)12-9-7-5-3-4-6-8-10-13-19-14-11-15-20-17-19/h11,14-18H,3-10,12-13H2,1-2H3/b21-16-. The molecule has 0 amide bonds. The van der Waals surface area contributed by atoms with Gasteiger partial charge in [-0.05, 0) is 36.8 Å². The minimum Gasteiger partial charge on any atom is -0.399 e. The van der Waals surface area contributed by atoms with E-state index in [2.05, 4.69) is 23.1 Å². The zero-order chi connectivity index (χ0) is 15.9. The lowest BCUT2D eigenvalue weighted by Gasteiger charge is -2.05. The van der Waals surface area contributed by atoms with Crippen LogP contribution in [0, 0.1) is 5.92 Å². The molecule has 0 fully saturated rings. The molecule has 0 aliphatic heterocycles. The lowest BCUT2D eigenvalue weighted by atomic mass is 10.0. The molecule has 1 heterocycles. The van der Waals surface area contributed by atoms with Gasteiger partial charge in [-0.15, -0.1) is 0 Å². The molecule has 22 heavy (non-hydrogen) atoms. The summed E-state index contributed by atoms with van der Waals surface area (Å²) in [6, 6.07) is 4.20. The third-order valence-electron chi connectivity index (χ3n) is 4.02. The Kier molecular flexibility index (Phi) is 11.3. The molecule has 1 aromatic heterocycles. The van der Waals surface area contributed by atoms with Crippen molar-refractivity contribution in [3.63, 3.8) is 0 Å². The van der Waals surface area contributed by atoms with E-state index < -0.39 is 0 Å². The first-order valence-electron chi connectivity index (χ1n) is 8.78. The van der Waals surface area contributed by atoms with E-state index in [1.807, 2.05) is 24.7 Å². The monoisotopic (exact) mass is 304 g/mol. The summed E-state index contributed by atoms with van der Waals surface area (Å²) in [6.45, 7) is 2.20. The van der Waals surface area contributed by atoms with E-state index in [9.17, 15) is 0 Å². The first-order chi connectivity index (χ1) is 10.8. The number of nitrogens with zero attached hydrogens (tertiary/aromatic N) is 2. The minimum atomic E-state index is 0.535. The molecule has 3 heteroatoms. The predicted molar refractivity (Wildman–Crippen MR) is 94.2 cm³/mol. The van der Waals surface area contributed by atoms with Crippen molar-refractivity contribution >= 4 is 6.21 Å². The van der Waals surface area contributed by atoms with E-state index in [1.54, 1.807) is 7.11 Å². The number of aromatic nitrogens is 1. The molecule has 0 spiro atoms. The van der Waals surface area contributed by atoms with Gasteiger partial charge in [0, 0.05) is 18.6 Å². The van der Waals surface area contributed by atoms with E-state index in [1.165, 1.54) is 69.8 Å². The van der Waals surface area contributed by atoms with Crippen molar-refractivity contribution in [3.8, 4) is 0 Å². The van der Waals surface area contributed by atoms with Crippen molar-refractivity contribution in [2.24, 2.45) is 11.1 Å². The SMILES string of the molecule is CO/N=C\C(C)CCCCCCCCCCc1cccnc1. The highest BCUT2D eigenvalue weighted by molar-refractivity contribution is 5.59. The largest absolute Gasteiger partial charge is 0.399 e. The maximum absolute atomic E-state index is 4.70. The normalized spacial score (nSPS) is 12.6. The Labute approximate surface area is 136 Å². The van der Waals surface area contributed by atoms with Crippen molar-refractivity contribution < 1.29 is 4.84 Å². The minimum absolute atomic E-state index is 0.535. The van der Waals surface area contributed by atoms with Crippen LogP contribution in [0.15, 0.2) is 29.7 Å². The molecule has 1 atom stereocenters. The topological polar surface area (TPSA) is 34.5 Å². The van der Waals surface area contributed by atoms with Crippen LogP contribution < -0.4 is 0 Å². The number of unbranched alkanes of at least 4 members (excludes halogenated alkanes) is 7. The second-order valence-electron chi connectivity index (χ2n) is 6.14. The molecule has 0 aliphatic carbocycles. The molecule has 0 saturated carbocycles. The van der Waals surface area contributed by atoms with Crippen LogP contribution in [0.4, 0.5) is 0 Å². The quantitative estimate of drug-likeness (QED) is 0.278. The molecule has 1 rings (SSSR count). The zero-order valence-corrected chi connectivity index (χ0v) is 14.3. The summed E-state index contributed by atoms with van der Waals surface area (Å²) in [5.41, 5.74) is 1.37. The van der Waals surface area contributed by atoms with Crippen LogP contribution in [0.5, 0.6) is 0 Å². The van der Waals surface area contributed by atoms with Gasteiger partial charge < -0.3 is 4.84 Å². The number of oxime groups is 1. The average Bonchev–Trinajstić information content (AvgIpc) is 2.55. The molecule has 1 aromatic rings. The van der Waals surface area contributed by atoms with Crippen molar-refractivity contribution in [3.05, 3.63) is 30.1 Å². The number of aryl methyl sites for hydroxylation is 1. The van der Waals surface area contributed by atoms with Gasteiger partial charge in [0.15, 0.2) is 0 Å². The summed E-state index contributed by atoms with van der Waals surface area (Å²) in [5, 5.41) is 3.82. The molecule has 124 valence electrons. The average molecular weight is 304 g/mol. The smallest absolute Gasteiger partial charge is 0.106 e. The summed E-state index contributed by atoms with van der Waals surface area (Å²) < 4.78 is 0. The van der Waals surface area contributed by atoms with E-state index in [0.717, 1.165) is 0 Å². The Morgan fingerprint density at radius 2 is 1.77 bits per heavy atom. The van der Waals surface area contributed by atoms with Gasteiger partial charge in [-0.2, -0.15) is 0 Å².